The highest BCUT2D eigenvalue weighted by atomic mass is 19.1. The van der Waals surface area contributed by atoms with Crippen molar-refractivity contribution in [2.24, 2.45) is 0 Å². The molecule has 1 amide bonds. The molecule has 0 aliphatic heterocycles. The fourth-order valence-electron chi connectivity index (χ4n) is 2.54. The van der Waals surface area contributed by atoms with E-state index in [0.717, 1.165) is 11.3 Å². The normalized spacial score (nSPS) is 10.7. The lowest BCUT2D eigenvalue weighted by Crippen LogP contribution is -2.28. The van der Waals surface area contributed by atoms with E-state index in [0.29, 0.717) is 11.3 Å². The highest BCUT2D eigenvalue weighted by Gasteiger charge is 2.12. The summed E-state index contributed by atoms with van der Waals surface area (Å²) in [5, 5.41) is 6.87. The minimum atomic E-state index is -0.389. The number of rotatable bonds is 4. The molecule has 2 N–H and O–H groups in total. The van der Waals surface area contributed by atoms with Crippen molar-refractivity contribution in [1.82, 2.24) is 20.1 Å². The SMILES string of the molecule is Cc1cc(C)c(CNC(=O)c2ccn(-c3ccc(F)cc3)n2)c(=O)[nH]1. The molecule has 2 aromatic heterocycles. The molecule has 0 fully saturated rings. The van der Waals surface area contributed by atoms with Gasteiger partial charge < -0.3 is 10.3 Å². The third-order valence-electron chi connectivity index (χ3n) is 3.83. The van der Waals surface area contributed by atoms with Gasteiger partial charge in [0.1, 0.15) is 5.82 Å². The molecule has 3 rings (SSSR count). The summed E-state index contributed by atoms with van der Waals surface area (Å²) in [7, 11) is 0. The first-order valence-electron chi connectivity index (χ1n) is 7.73. The molecule has 128 valence electrons. The number of H-pyrrole nitrogens is 1. The van der Waals surface area contributed by atoms with Crippen LogP contribution in [-0.2, 0) is 6.54 Å². The minimum absolute atomic E-state index is 0.115. The van der Waals surface area contributed by atoms with E-state index in [4.69, 9.17) is 0 Å². The Morgan fingerprint density at radius 2 is 1.96 bits per heavy atom. The van der Waals surface area contributed by atoms with Crippen molar-refractivity contribution in [2.45, 2.75) is 20.4 Å². The second-order valence-corrected chi connectivity index (χ2v) is 5.75. The van der Waals surface area contributed by atoms with Crippen molar-refractivity contribution in [1.29, 1.82) is 0 Å². The van der Waals surface area contributed by atoms with E-state index in [1.807, 2.05) is 13.0 Å². The monoisotopic (exact) mass is 340 g/mol. The molecule has 6 nitrogen and oxygen atoms in total. The molecule has 0 saturated carbocycles. The molecule has 1 aromatic carbocycles. The zero-order valence-corrected chi connectivity index (χ0v) is 13.8. The summed E-state index contributed by atoms with van der Waals surface area (Å²) >= 11 is 0. The number of hydrogen-bond donors (Lipinski definition) is 2. The lowest BCUT2D eigenvalue weighted by molar-refractivity contribution is 0.0945. The minimum Gasteiger partial charge on any atom is -0.346 e. The van der Waals surface area contributed by atoms with Gasteiger partial charge in [0.15, 0.2) is 5.69 Å². The molecular formula is C18H17FN4O2. The molecule has 7 heteroatoms. The quantitative estimate of drug-likeness (QED) is 0.764. The second-order valence-electron chi connectivity index (χ2n) is 5.75. The Hall–Kier alpha value is -3.22. The number of nitrogens with one attached hydrogen (secondary N) is 2. The fraction of sp³-hybridized carbons (Fsp3) is 0.167. The molecule has 0 bridgehead atoms. The van der Waals surface area contributed by atoms with Crippen LogP contribution in [0.2, 0.25) is 0 Å². The van der Waals surface area contributed by atoms with Crippen LogP contribution in [0.5, 0.6) is 0 Å². The van der Waals surface area contributed by atoms with Crippen LogP contribution in [-0.4, -0.2) is 20.7 Å². The van der Waals surface area contributed by atoms with Gasteiger partial charge in [-0.05, 0) is 55.8 Å². The maximum atomic E-state index is 13.0. The lowest BCUT2D eigenvalue weighted by Gasteiger charge is -2.07. The number of carbonyl (C=O) groups excluding carboxylic acids is 1. The van der Waals surface area contributed by atoms with E-state index in [9.17, 15) is 14.0 Å². The van der Waals surface area contributed by atoms with Gasteiger partial charge in [0, 0.05) is 24.0 Å². The van der Waals surface area contributed by atoms with Crippen LogP contribution in [0, 0.1) is 19.7 Å². The number of hydrogen-bond acceptors (Lipinski definition) is 3. The Bertz CT molecular complexity index is 973. The van der Waals surface area contributed by atoms with E-state index in [1.54, 1.807) is 31.3 Å². The maximum Gasteiger partial charge on any atom is 0.272 e. The molecule has 0 radical (unpaired) electrons. The number of carbonyl (C=O) groups is 1. The van der Waals surface area contributed by atoms with Crippen molar-refractivity contribution in [3.05, 3.63) is 81.3 Å². The van der Waals surface area contributed by atoms with E-state index < -0.39 is 0 Å². The number of benzene rings is 1. The van der Waals surface area contributed by atoms with Crippen LogP contribution in [0.1, 0.15) is 27.3 Å². The summed E-state index contributed by atoms with van der Waals surface area (Å²) in [5.41, 5.74) is 2.75. The van der Waals surface area contributed by atoms with Gasteiger partial charge in [-0.3, -0.25) is 9.59 Å². The van der Waals surface area contributed by atoms with Gasteiger partial charge in [-0.25, -0.2) is 9.07 Å². The largest absolute Gasteiger partial charge is 0.346 e. The molecular weight excluding hydrogens is 323 g/mol. The van der Waals surface area contributed by atoms with Gasteiger partial charge in [-0.1, -0.05) is 0 Å². The van der Waals surface area contributed by atoms with Crippen molar-refractivity contribution in [3.8, 4) is 5.69 Å². The van der Waals surface area contributed by atoms with Gasteiger partial charge >= 0.3 is 0 Å². The summed E-state index contributed by atoms with van der Waals surface area (Å²) in [6.07, 6.45) is 1.62. The smallest absolute Gasteiger partial charge is 0.272 e. The van der Waals surface area contributed by atoms with Crippen molar-refractivity contribution in [3.63, 3.8) is 0 Å². The number of pyridine rings is 1. The molecule has 3 aromatic rings. The van der Waals surface area contributed by atoms with E-state index in [-0.39, 0.29) is 29.5 Å². The van der Waals surface area contributed by atoms with E-state index in [2.05, 4.69) is 15.4 Å². The van der Waals surface area contributed by atoms with Crippen LogP contribution in [0.15, 0.2) is 47.4 Å². The highest BCUT2D eigenvalue weighted by Crippen LogP contribution is 2.09. The van der Waals surface area contributed by atoms with E-state index in [1.165, 1.54) is 16.8 Å². The molecule has 0 aliphatic carbocycles. The average molecular weight is 340 g/mol. The number of nitrogens with zero attached hydrogens (tertiary/aromatic N) is 2. The van der Waals surface area contributed by atoms with Gasteiger partial charge in [0.2, 0.25) is 0 Å². The summed E-state index contributed by atoms with van der Waals surface area (Å²) in [6.45, 7) is 3.75. The van der Waals surface area contributed by atoms with Crippen LogP contribution < -0.4 is 10.9 Å². The first kappa shape index (κ1) is 16.6. The summed E-state index contributed by atoms with van der Waals surface area (Å²) in [6, 6.07) is 9.20. The Labute approximate surface area is 143 Å². The Balaban J connectivity index is 1.72. The van der Waals surface area contributed by atoms with Gasteiger partial charge in [0.05, 0.1) is 5.69 Å². The van der Waals surface area contributed by atoms with Crippen molar-refractivity contribution < 1.29 is 9.18 Å². The molecule has 0 atom stereocenters. The summed E-state index contributed by atoms with van der Waals surface area (Å²) in [5.74, 6) is -0.729. The number of aryl methyl sites for hydroxylation is 2. The lowest BCUT2D eigenvalue weighted by atomic mass is 10.1. The Kier molecular flexibility index (Phi) is 4.47. The van der Waals surface area contributed by atoms with Gasteiger partial charge in [-0.15, -0.1) is 0 Å². The topological polar surface area (TPSA) is 79.8 Å². The first-order valence-corrected chi connectivity index (χ1v) is 7.73. The van der Waals surface area contributed by atoms with Crippen molar-refractivity contribution in [2.75, 3.05) is 0 Å². The molecule has 0 spiro atoms. The van der Waals surface area contributed by atoms with Gasteiger partial charge in [0.25, 0.3) is 11.5 Å². The molecule has 0 saturated heterocycles. The zero-order valence-electron chi connectivity index (χ0n) is 13.8. The Morgan fingerprint density at radius 3 is 2.64 bits per heavy atom. The fourth-order valence-corrected chi connectivity index (χ4v) is 2.54. The number of aromatic nitrogens is 3. The van der Waals surface area contributed by atoms with E-state index >= 15 is 0 Å². The van der Waals surface area contributed by atoms with Crippen LogP contribution in [0.4, 0.5) is 4.39 Å². The Morgan fingerprint density at radius 1 is 1.24 bits per heavy atom. The zero-order chi connectivity index (χ0) is 18.0. The predicted molar refractivity (Wildman–Crippen MR) is 91.2 cm³/mol. The third-order valence-corrected chi connectivity index (χ3v) is 3.83. The first-order chi connectivity index (χ1) is 11.9. The second kappa shape index (κ2) is 6.72. The predicted octanol–water partition coefficient (Wildman–Crippen LogP) is 2.25. The third kappa shape index (κ3) is 3.65. The van der Waals surface area contributed by atoms with Gasteiger partial charge in [-0.2, -0.15) is 5.10 Å². The molecule has 0 unspecified atom stereocenters. The van der Waals surface area contributed by atoms with Crippen LogP contribution >= 0.6 is 0 Å². The average Bonchev–Trinajstić information content (AvgIpc) is 3.04. The maximum absolute atomic E-state index is 13.0. The van der Waals surface area contributed by atoms with Crippen LogP contribution in [0.3, 0.4) is 0 Å². The number of halogens is 1. The number of aromatic amines is 1. The number of amides is 1. The molecule has 2 heterocycles. The highest BCUT2D eigenvalue weighted by molar-refractivity contribution is 5.92. The van der Waals surface area contributed by atoms with Crippen molar-refractivity contribution >= 4 is 5.91 Å². The summed E-state index contributed by atoms with van der Waals surface area (Å²) < 4.78 is 14.5. The molecule has 0 aliphatic rings. The standard InChI is InChI=1S/C18H17FN4O2/c1-11-9-12(2)21-17(24)15(11)10-20-18(25)16-7-8-23(22-16)14-5-3-13(19)4-6-14/h3-9H,10H2,1-2H3,(H,20,25)(H,21,24). The molecule has 25 heavy (non-hydrogen) atoms. The summed E-state index contributed by atoms with van der Waals surface area (Å²) in [4.78, 5) is 26.9. The van der Waals surface area contributed by atoms with Crippen LogP contribution in [0.25, 0.3) is 5.69 Å².